The topological polar surface area (TPSA) is 154 Å². The van der Waals surface area contributed by atoms with E-state index in [0.717, 1.165) is 67.7 Å². The molecule has 3 aliphatic carbocycles. The molecule has 11 nitrogen and oxygen atoms in total. The van der Waals surface area contributed by atoms with Crippen LogP contribution in [0.2, 0.25) is 0 Å². The van der Waals surface area contributed by atoms with Gasteiger partial charge in [0, 0.05) is 36.4 Å². The first-order chi connectivity index (χ1) is 39.8. The van der Waals surface area contributed by atoms with Crippen molar-refractivity contribution in [2.75, 3.05) is 19.8 Å². The number of carbonyl (C=O) groups is 3. The summed E-state index contributed by atoms with van der Waals surface area (Å²) in [5.74, 6) is -5.92. The first kappa shape index (κ1) is 62.2. The molecule has 0 amide bonds. The van der Waals surface area contributed by atoms with E-state index in [1.807, 2.05) is 0 Å². The molecule has 0 bridgehead atoms. The fraction of sp³-hybridized carbons (Fsp3) is 0.369. The summed E-state index contributed by atoms with van der Waals surface area (Å²) in [4.78, 5) is 36.4. The molecule has 3 fully saturated rings. The molecular formula is C65H63F7N2O9. The smallest absolute Gasteiger partial charge is 0.346 e. The Kier molecular flexibility index (Phi) is 22.5. The predicted molar refractivity (Wildman–Crippen MR) is 293 cm³/mol. The molecule has 18 heteroatoms. The highest BCUT2D eigenvalue weighted by atomic mass is 19.2. The van der Waals surface area contributed by atoms with Gasteiger partial charge >= 0.3 is 17.9 Å². The second-order valence-electron chi connectivity index (χ2n) is 21.5. The Balaban J connectivity index is 0.000000179. The lowest BCUT2D eigenvalue weighted by Gasteiger charge is -2.26. The van der Waals surface area contributed by atoms with Crippen LogP contribution in [0.3, 0.4) is 0 Å². The van der Waals surface area contributed by atoms with Gasteiger partial charge in [-0.25, -0.2) is 45.1 Å². The van der Waals surface area contributed by atoms with Crippen LogP contribution in [0.15, 0.2) is 109 Å². The van der Waals surface area contributed by atoms with E-state index in [-0.39, 0.29) is 33.8 Å². The van der Waals surface area contributed by atoms with Crippen LogP contribution >= 0.6 is 0 Å². The summed E-state index contributed by atoms with van der Waals surface area (Å²) in [6.07, 6.45) is 14.2. The molecule has 0 spiro atoms. The lowest BCUT2D eigenvalue weighted by molar-refractivity contribution is 0.0720. The van der Waals surface area contributed by atoms with Crippen LogP contribution in [0.1, 0.15) is 140 Å². The van der Waals surface area contributed by atoms with Crippen LogP contribution in [-0.4, -0.2) is 37.7 Å². The van der Waals surface area contributed by atoms with E-state index in [2.05, 4.69) is 20.8 Å². The lowest BCUT2D eigenvalue weighted by Crippen LogP contribution is -2.19. The fourth-order valence-electron chi connectivity index (χ4n) is 9.71. The number of hydrogen-bond donors (Lipinski definition) is 0. The van der Waals surface area contributed by atoms with Gasteiger partial charge in [0.25, 0.3) is 0 Å². The van der Waals surface area contributed by atoms with Gasteiger partial charge in [-0.1, -0.05) is 59.3 Å². The molecule has 6 aromatic carbocycles. The third kappa shape index (κ3) is 18.6. The van der Waals surface area contributed by atoms with E-state index in [4.69, 9.17) is 38.9 Å². The molecule has 0 heterocycles. The lowest BCUT2D eigenvalue weighted by atomic mass is 9.83. The van der Waals surface area contributed by atoms with Crippen molar-refractivity contribution in [3.63, 3.8) is 0 Å². The fourth-order valence-corrected chi connectivity index (χ4v) is 9.71. The third-order valence-electron chi connectivity index (χ3n) is 15.0. The number of nitriles is 2. The molecule has 83 heavy (non-hydrogen) atoms. The van der Waals surface area contributed by atoms with Gasteiger partial charge in [0.05, 0.1) is 42.1 Å². The van der Waals surface area contributed by atoms with Crippen LogP contribution < -0.4 is 28.4 Å². The molecule has 0 aliphatic heterocycles. The van der Waals surface area contributed by atoms with Crippen LogP contribution in [0, 0.1) is 98.9 Å². The summed E-state index contributed by atoms with van der Waals surface area (Å²) in [6, 6.07) is 26.0. The van der Waals surface area contributed by atoms with Crippen molar-refractivity contribution >= 4 is 17.9 Å². The number of halogens is 7. The van der Waals surface area contributed by atoms with Crippen LogP contribution in [0.5, 0.6) is 34.5 Å². The number of nitrogens with zero attached hydrogens (tertiary/aromatic N) is 2. The number of ether oxygens (including phenoxy) is 6. The van der Waals surface area contributed by atoms with E-state index in [1.165, 1.54) is 106 Å². The highest BCUT2D eigenvalue weighted by Crippen LogP contribution is 2.32. The van der Waals surface area contributed by atoms with Crippen molar-refractivity contribution in [1.82, 2.24) is 0 Å². The minimum absolute atomic E-state index is 0.104. The first-order valence-electron chi connectivity index (χ1n) is 27.6. The summed E-state index contributed by atoms with van der Waals surface area (Å²) >= 11 is 0. The van der Waals surface area contributed by atoms with Gasteiger partial charge < -0.3 is 28.4 Å². The Morgan fingerprint density at radius 1 is 0.398 bits per heavy atom. The van der Waals surface area contributed by atoms with Crippen LogP contribution in [-0.2, 0) is 0 Å². The van der Waals surface area contributed by atoms with Crippen molar-refractivity contribution in [2.24, 2.45) is 35.5 Å². The maximum atomic E-state index is 14.3. The van der Waals surface area contributed by atoms with Gasteiger partial charge in [0.15, 0.2) is 17.5 Å². The van der Waals surface area contributed by atoms with Gasteiger partial charge in [0.2, 0.25) is 0 Å². The quantitative estimate of drug-likeness (QED) is 0.0418. The van der Waals surface area contributed by atoms with E-state index >= 15 is 0 Å². The monoisotopic (exact) mass is 1150 g/mol. The Bertz CT molecular complexity index is 3220. The second kappa shape index (κ2) is 30.1. The Hall–Kier alpha value is -8.38. The Labute approximate surface area is 477 Å². The van der Waals surface area contributed by atoms with Crippen molar-refractivity contribution in [3.8, 4) is 46.6 Å². The molecule has 0 aromatic heterocycles. The molecule has 3 aliphatic rings. The average molecular weight is 1150 g/mol. The highest BCUT2D eigenvalue weighted by Gasteiger charge is 2.23. The highest BCUT2D eigenvalue weighted by molar-refractivity contribution is 5.92. The SMILES string of the molecule is CC1CCC(COc2ccc(C(=O)Oc3cc(F)c(C#N)c(F)c3)cc2)CC1.CC1CCC(COc2ccc(C(=O)Oc3cc(F)c(F)c(F)c3)cc2)CC1.CC1CCC(COc2ccc(C(=O)Oc3ccc(C#N)c(F)c3)c(F)c2)CC1. The molecule has 0 saturated heterocycles. The van der Waals surface area contributed by atoms with Crippen molar-refractivity contribution in [1.29, 1.82) is 10.5 Å². The maximum Gasteiger partial charge on any atom is 0.346 e. The predicted octanol–water partition coefficient (Wildman–Crippen LogP) is 16.0. The standard InChI is InChI=1S/2C22H21F2NO3.C21H21F3O3/c1-14-2-4-15(5-3-14)13-27-17-8-6-16(7-9-17)22(26)28-18-10-20(23)19(12-25)21(24)11-18;1-14-2-4-15(5-3-14)13-27-17-8-9-19(21(24)10-17)22(26)28-18-7-6-16(12-25)20(23)11-18;1-13-2-4-14(5-3-13)12-26-16-8-6-15(7-9-16)21(25)27-17-10-18(22)20(24)19(23)11-17/h2*6-11,14-15H,2-5,13H2,1H3;6-11,13-14H,2-5,12H2,1H3. The maximum absolute atomic E-state index is 14.3. The molecule has 436 valence electrons. The Morgan fingerprint density at radius 2 is 0.747 bits per heavy atom. The second-order valence-corrected chi connectivity index (χ2v) is 21.5. The molecule has 0 unspecified atom stereocenters. The molecular weight excluding hydrogens is 1090 g/mol. The van der Waals surface area contributed by atoms with Crippen molar-refractivity contribution < 1.29 is 73.5 Å². The minimum atomic E-state index is -1.61. The van der Waals surface area contributed by atoms with E-state index in [9.17, 15) is 45.1 Å². The van der Waals surface area contributed by atoms with E-state index in [1.54, 1.807) is 30.3 Å². The molecule has 0 N–H and O–H groups in total. The molecule has 0 radical (unpaired) electrons. The van der Waals surface area contributed by atoms with Gasteiger partial charge in [-0.15, -0.1) is 0 Å². The number of benzene rings is 6. The largest absolute Gasteiger partial charge is 0.493 e. The molecule has 3 saturated carbocycles. The normalized spacial score (nSPS) is 19.1. The summed E-state index contributed by atoms with van der Waals surface area (Å²) in [7, 11) is 0. The van der Waals surface area contributed by atoms with Gasteiger partial charge in [-0.3, -0.25) is 0 Å². The molecule has 6 aromatic rings. The zero-order valence-corrected chi connectivity index (χ0v) is 46.2. The van der Waals surface area contributed by atoms with Crippen molar-refractivity contribution in [2.45, 2.75) is 97.8 Å². The Morgan fingerprint density at radius 3 is 1.13 bits per heavy atom. The third-order valence-corrected chi connectivity index (χ3v) is 15.0. The molecule has 9 rings (SSSR count). The van der Waals surface area contributed by atoms with Gasteiger partial charge in [-0.2, -0.15) is 10.5 Å². The van der Waals surface area contributed by atoms with E-state index < -0.39 is 69.9 Å². The minimum Gasteiger partial charge on any atom is -0.493 e. The average Bonchev–Trinajstić information content (AvgIpc) is 3.62. The number of carbonyl (C=O) groups excluding carboxylic acids is 3. The van der Waals surface area contributed by atoms with E-state index in [0.29, 0.717) is 67.0 Å². The zero-order chi connectivity index (χ0) is 59.6. The van der Waals surface area contributed by atoms with Crippen LogP contribution in [0.4, 0.5) is 30.7 Å². The summed E-state index contributed by atoms with van der Waals surface area (Å²) in [6.45, 7) is 8.61. The summed E-state index contributed by atoms with van der Waals surface area (Å²) in [5.41, 5.74) is -0.736. The van der Waals surface area contributed by atoms with Crippen molar-refractivity contribution in [3.05, 3.63) is 178 Å². The van der Waals surface area contributed by atoms with Gasteiger partial charge in [0.1, 0.15) is 75.5 Å². The zero-order valence-electron chi connectivity index (χ0n) is 46.2. The number of rotatable bonds is 15. The number of hydrogen-bond acceptors (Lipinski definition) is 11. The summed E-state index contributed by atoms with van der Waals surface area (Å²) in [5, 5.41) is 17.4. The van der Waals surface area contributed by atoms with Crippen LogP contribution in [0.25, 0.3) is 0 Å². The summed E-state index contributed by atoms with van der Waals surface area (Å²) < 4.78 is 127. The number of esters is 3. The van der Waals surface area contributed by atoms with Gasteiger partial charge in [-0.05, 0) is 147 Å². The first-order valence-corrected chi connectivity index (χ1v) is 27.6. The molecule has 0 atom stereocenters.